The first kappa shape index (κ1) is 8.86. The van der Waals surface area contributed by atoms with Gasteiger partial charge in [0, 0.05) is 16.5 Å². The van der Waals surface area contributed by atoms with Crippen LogP contribution in [-0.4, -0.2) is 21.6 Å². The minimum atomic E-state index is -0.500. The van der Waals surface area contributed by atoms with E-state index < -0.39 is 15.0 Å². The van der Waals surface area contributed by atoms with Gasteiger partial charge in [0.25, 0.3) is 0 Å². The van der Waals surface area contributed by atoms with Crippen LogP contribution in [0.15, 0.2) is 0 Å². The summed E-state index contributed by atoms with van der Waals surface area (Å²) in [6.45, 7) is 1.65. The Morgan fingerprint density at radius 2 is 1.75 bits per heavy atom. The van der Waals surface area contributed by atoms with Crippen molar-refractivity contribution in [2.75, 3.05) is 0 Å². The minimum Gasteiger partial charge on any atom is 0 e. The van der Waals surface area contributed by atoms with Gasteiger partial charge in [-0.1, -0.05) is 0 Å². The van der Waals surface area contributed by atoms with E-state index in [2.05, 4.69) is 0 Å². The van der Waals surface area contributed by atoms with Gasteiger partial charge in [0.05, 0.1) is 0 Å². The van der Waals surface area contributed by atoms with Crippen LogP contribution in [0.3, 0.4) is 0 Å². The maximum atomic E-state index is 9.01. The first-order valence-electron chi connectivity index (χ1n) is 0.813. The van der Waals surface area contributed by atoms with E-state index in [1.807, 2.05) is 0 Å². The quantitative estimate of drug-likeness (QED) is 0.354. The normalized spacial score (nSPS) is 2.00. The molecule has 0 aromatic heterocycles. The molecule has 0 aliphatic heterocycles. The Hall–Kier alpha value is 0.891. The number of hydrogen-bond donors (Lipinski definition) is 0. The van der Waals surface area contributed by atoms with Crippen LogP contribution in [0.25, 0.3) is 0 Å². The van der Waals surface area contributed by atoms with Crippen molar-refractivity contribution in [3.63, 3.8) is 0 Å². The Morgan fingerprint density at radius 3 is 1.75 bits per heavy atom. The molecule has 0 saturated carbocycles. The van der Waals surface area contributed by atoms with E-state index in [1.54, 1.807) is 6.62 Å². The van der Waals surface area contributed by atoms with E-state index in [9.17, 15) is 0 Å². The van der Waals surface area contributed by atoms with Crippen LogP contribution >= 0.6 is 0 Å². The van der Waals surface area contributed by atoms with Crippen molar-refractivity contribution in [1.29, 1.82) is 0 Å². The summed E-state index contributed by atoms with van der Waals surface area (Å²) < 4.78 is 9.01. The van der Waals surface area contributed by atoms with Crippen molar-refractivity contribution >= 4 is 21.6 Å². The first-order valence-corrected chi connectivity index (χ1v) is 2.44. The second-order valence-corrected chi connectivity index (χ2v) is 0.707. The minimum absolute atomic E-state index is 0. The molecule has 0 rings (SSSR count). The van der Waals surface area contributed by atoms with E-state index >= 15 is 0 Å². The monoisotopic (exact) mass is 114 g/mol. The summed E-state index contributed by atoms with van der Waals surface area (Å²) >= 11 is -0.500. The predicted octanol–water partition coefficient (Wildman–Crippen LogP) is -1.42. The Labute approximate surface area is 42.2 Å². The molecule has 0 N–H and O–H groups in total. The van der Waals surface area contributed by atoms with Gasteiger partial charge < -0.3 is 0 Å². The van der Waals surface area contributed by atoms with Crippen molar-refractivity contribution in [3.8, 4) is 0 Å². The molecule has 0 amide bonds. The molecule has 4 heavy (non-hydrogen) atoms. The third-order valence-electron chi connectivity index (χ3n) is 0. The van der Waals surface area contributed by atoms with Crippen LogP contribution in [-0.2, 0) is 20.3 Å². The zero-order valence-corrected chi connectivity index (χ0v) is 4.44. The molecule has 0 aromatic carbocycles. The molecule has 0 unspecified atom stereocenters. The molecule has 0 radical (unpaired) electrons. The number of hydrogen-bond acceptors (Lipinski definition) is 1. The summed E-state index contributed by atoms with van der Waals surface area (Å²) in [6, 6.07) is 0. The van der Waals surface area contributed by atoms with Crippen LogP contribution in [0.1, 0.15) is 0 Å². The van der Waals surface area contributed by atoms with Gasteiger partial charge in [-0.15, -0.1) is 0 Å². The van der Waals surface area contributed by atoms with Crippen LogP contribution in [0.5, 0.6) is 0 Å². The van der Waals surface area contributed by atoms with Gasteiger partial charge in [0.2, 0.25) is 0 Å². The van der Waals surface area contributed by atoms with E-state index in [-0.39, 0.29) is 16.5 Å². The van der Waals surface area contributed by atoms with Gasteiger partial charge in [0.1, 0.15) is 0 Å². The SMILES string of the molecule is [BH2][Al]=[O].[Ni]. The fourth-order valence-corrected chi connectivity index (χ4v) is 0. The Morgan fingerprint density at radius 1 is 1.75 bits per heavy atom. The fraction of sp³-hybridized carbons (Fsp3) is 0. The van der Waals surface area contributed by atoms with Gasteiger partial charge in [0.15, 0.2) is 0 Å². The summed E-state index contributed by atoms with van der Waals surface area (Å²) in [5.74, 6) is 0. The van der Waals surface area contributed by atoms with Gasteiger partial charge >= 0.3 is 25.4 Å². The summed E-state index contributed by atoms with van der Waals surface area (Å²) in [6.07, 6.45) is 0. The van der Waals surface area contributed by atoms with Crippen LogP contribution in [0.4, 0.5) is 0 Å². The molecule has 0 aliphatic carbocycles. The molecule has 0 aromatic rings. The van der Waals surface area contributed by atoms with Crippen molar-refractivity contribution in [2.24, 2.45) is 0 Å². The van der Waals surface area contributed by atoms with E-state index in [0.717, 1.165) is 0 Å². The maximum Gasteiger partial charge on any atom is 0 e. The van der Waals surface area contributed by atoms with Crippen molar-refractivity contribution in [1.82, 2.24) is 0 Å². The molecule has 4 heteroatoms. The summed E-state index contributed by atoms with van der Waals surface area (Å²) in [7, 11) is 0. The summed E-state index contributed by atoms with van der Waals surface area (Å²) in [5, 5.41) is 0. The van der Waals surface area contributed by atoms with Crippen LogP contribution in [0, 0.1) is 0 Å². The zero-order valence-electron chi connectivity index (χ0n) is 2.30. The average Bonchev–Trinajstić information content (AvgIpc) is 0.918. The molecule has 0 saturated heterocycles. The second-order valence-electron chi connectivity index (χ2n) is 0.236. The maximum absolute atomic E-state index is 9.01. The molecule has 0 spiro atoms. The van der Waals surface area contributed by atoms with Crippen molar-refractivity contribution in [2.45, 2.75) is 0 Å². The van der Waals surface area contributed by atoms with Crippen LogP contribution < -0.4 is 0 Å². The summed E-state index contributed by atoms with van der Waals surface area (Å²) in [4.78, 5) is 0. The Bertz CT molecular complexity index is 15.5. The van der Waals surface area contributed by atoms with E-state index in [1.165, 1.54) is 0 Å². The van der Waals surface area contributed by atoms with Crippen molar-refractivity contribution in [3.05, 3.63) is 0 Å². The smallest absolute Gasteiger partial charge is 0 e. The number of rotatable bonds is 0. The van der Waals surface area contributed by atoms with Gasteiger partial charge in [-0.25, -0.2) is 0 Å². The molecular formula is H2AlBNiO. The molecule has 0 atom stereocenters. The van der Waals surface area contributed by atoms with E-state index in [4.69, 9.17) is 3.80 Å². The second kappa shape index (κ2) is 9.09. The Kier molecular flexibility index (Phi) is 20.1. The van der Waals surface area contributed by atoms with Gasteiger partial charge in [-0.2, -0.15) is 0 Å². The third-order valence-corrected chi connectivity index (χ3v) is 0. The molecule has 0 heterocycles. The fourth-order valence-electron chi connectivity index (χ4n) is 0. The predicted molar refractivity (Wildman–Crippen MR) is 15.0 cm³/mol. The average molecular weight is 115 g/mol. The molecule has 0 aliphatic rings. The standard InChI is InChI=1S/Al.BH2.Ni.O/h;1H2;;/q-1;+1;;. The van der Waals surface area contributed by atoms with Gasteiger partial charge in [-0.3, -0.25) is 0 Å². The molecular weight excluding hydrogens is 112 g/mol. The zero-order chi connectivity index (χ0) is 2.71. The first-order chi connectivity index (χ1) is 1.41. The third kappa shape index (κ3) is 13.0. The molecule has 1 nitrogen and oxygen atoms in total. The molecule has 24 valence electrons. The van der Waals surface area contributed by atoms with E-state index in [0.29, 0.717) is 0 Å². The molecule has 0 fully saturated rings. The summed E-state index contributed by atoms with van der Waals surface area (Å²) in [5.41, 5.74) is 0. The molecule has 0 bridgehead atoms. The topological polar surface area (TPSA) is 17.1 Å². The van der Waals surface area contributed by atoms with Crippen molar-refractivity contribution < 1.29 is 20.3 Å². The Balaban J connectivity index is 0. The van der Waals surface area contributed by atoms with Gasteiger partial charge in [-0.05, 0) is 0 Å². The van der Waals surface area contributed by atoms with Crippen LogP contribution in [0.2, 0.25) is 0 Å². The largest absolute Gasteiger partial charge is 0 e.